The normalized spacial score (nSPS) is 17.8. The number of halogens is 1. The molecule has 1 fully saturated rings. The van der Waals surface area contributed by atoms with Crippen LogP contribution in [0.25, 0.3) is 4.96 Å². The van der Waals surface area contributed by atoms with Crippen LogP contribution in [0.2, 0.25) is 5.02 Å². The number of aromatic hydroxyl groups is 1. The van der Waals surface area contributed by atoms with Gasteiger partial charge in [0, 0.05) is 37.6 Å². The summed E-state index contributed by atoms with van der Waals surface area (Å²) in [5, 5.41) is 16.0. The van der Waals surface area contributed by atoms with Crippen LogP contribution >= 0.6 is 22.9 Å². The Morgan fingerprint density at radius 2 is 1.88 bits per heavy atom. The Kier molecular flexibility index (Phi) is 4.88. The Morgan fingerprint density at radius 3 is 2.50 bits per heavy atom. The summed E-state index contributed by atoms with van der Waals surface area (Å²) in [6.07, 6.45) is 0.752. The summed E-state index contributed by atoms with van der Waals surface area (Å²) in [5.41, 5.74) is 1.12. The molecule has 0 bridgehead atoms. The fourth-order valence-corrected chi connectivity index (χ4v) is 4.63. The molecular weight excluding hydrogens is 370 g/mol. The number of fused-ring (bicyclic) bond motifs is 1. The van der Waals surface area contributed by atoms with Gasteiger partial charge in [-0.25, -0.2) is 4.98 Å². The van der Waals surface area contributed by atoms with Crippen molar-refractivity contribution in [1.29, 1.82) is 0 Å². The van der Waals surface area contributed by atoms with E-state index in [9.17, 15) is 5.11 Å². The predicted octanol–water partition coefficient (Wildman–Crippen LogP) is 3.05. The second kappa shape index (κ2) is 7.15. The van der Waals surface area contributed by atoms with Crippen molar-refractivity contribution in [3.8, 4) is 5.88 Å². The molecule has 8 heteroatoms. The Labute approximate surface area is 161 Å². The van der Waals surface area contributed by atoms with Crippen LogP contribution in [-0.2, 0) is 6.42 Å². The second-order valence-electron chi connectivity index (χ2n) is 6.66. The number of aryl methyl sites for hydroxylation is 1. The van der Waals surface area contributed by atoms with Gasteiger partial charge in [0.2, 0.25) is 10.8 Å². The highest BCUT2D eigenvalue weighted by atomic mass is 35.5. The van der Waals surface area contributed by atoms with Crippen LogP contribution in [0.4, 0.5) is 0 Å². The van der Waals surface area contributed by atoms with Crippen molar-refractivity contribution >= 4 is 27.9 Å². The smallest absolute Gasteiger partial charge is 0.230 e. The van der Waals surface area contributed by atoms with Gasteiger partial charge in [-0.3, -0.25) is 4.90 Å². The molecule has 1 aliphatic heterocycles. The molecule has 6 nitrogen and oxygen atoms in total. The lowest BCUT2D eigenvalue weighted by molar-refractivity contribution is 0.127. The van der Waals surface area contributed by atoms with Gasteiger partial charge in [0.05, 0.1) is 10.9 Å². The van der Waals surface area contributed by atoms with Crippen molar-refractivity contribution in [3.63, 3.8) is 0 Å². The van der Waals surface area contributed by atoms with E-state index in [4.69, 9.17) is 11.6 Å². The minimum absolute atomic E-state index is 0.0282. The van der Waals surface area contributed by atoms with Gasteiger partial charge in [0.1, 0.15) is 0 Å². The lowest BCUT2D eigenvalue weighted by Gasteiger charge is -2.37. The van der Waals surface area contributed by atoms with Crippen molar-refractivity contribution in [3.05, 3.63) is 45.6 Å². The molecule has 26 heavy (non-hydrogen) atoms. The second-order valence-corrected chi connectivity index (χ2v) is 8.10. The zero-order valence-corrected chi connectivity index (χ0v) is 16.5. The number of rotatable bonds is 4. The number of benzene rings is 1. The molecule has 2 aromatic heterocycles. The summed E-state index contributed by atoms with van der Waals surface area (Å²) in [6.45, 7) is 5.91. The number of piperazine rings is 1. The zero-order chi connectivity index (χ0) is 18.3. The molecule has 1 saturated heterocycles. The largest absolute Gasteiger partial charge is 0.492 e. The summed E-state index contributed by atoms with van der Waals surface area (Å²) >= 11 is 7.60. The topological polar surface area (TPSA) is 56.9 Å². The third-order valence-electron chi connectivity index (χ3n) is 4.90. The lowest BCUT2D eigenvalue weighted by Crippen LogP contribution is -2.46. The van der Waals surface area contributed by atoms with Crippen molar-refractivity contribution in [2.45, 2.75) is 19.4 Å². The first kappa shape index (κ1) is 17.7. The van der Waals surface area contributed by atoms with Gasteiger partial charge < -0.3 is 10.0 Å². The van der Waals surface area contributed by atoms with Crippen LogP contribution in [0.1, 0.15) is 29.2 Å². The highest BCUT2D eigenvalue weighted by Crippen LogP contribution is 2.40. The molecule has 3 aromatic rings. The molecule has 1 aliphatic rings. The number of thiazole rings is 1. The van der Waals surface area contributed by atoms with Crippen molar-refractivity contribution in [2.75, 3.05) is 33.2 Å². The van der Waals surface area contributed by atoms with Gasteiger partial charge in [-0.05, 0) is 24.7 Å². The molecule has 0 radical (unpaired) electrons. The first-order valence-electron chi connectivity index (χ1n) is 8.82. The van der Waals surface area contributed by atoms with E-state index >= 15 is 0 Å². The molecule has 1 aromatic carbocycles. The first-order chi connectivity index (χ1) is 12.6. The summed E-state index contributed by atoms with van der Waals surface area (Å²) in [6, 6.07) is 7.86. The zero-order valence-electron chi connectivity index (χ0n) is 14.9. The summed E-state index contributed by atoms with van der Waals surface area (Å²) in [5.74, 6) is 0.941. The van der Waals surface area contributed by atoms with Crippen molar-refractivity contribution in [2.24, 2.45) is 0 Å². The van der Waals surface area contributed by atoms with Crippen LogP contribution in [0.15, 0.2) is 24.3 Å². The fraction of sp³-hybridized carbons (Fsp3) is 0.444. The van der Waals surface area contributed by atoms with E-state index in [1.165, 1.54) is 11.3 Å². The van der Waals surface area contributed by atoms with Crippen LogP contribution in [0.5, 0.6) is 5.88 Å². The molecule has 0 spiro atoms. The Morgan fingerprint density at radius 1 is 1.19 bits per heavy atom. The molecule has 1 unspecified atom stereocenters. The van der Waals surface area contributed by atoms with Gasteiger partial charge in [0.25, 0.3) is 0 Å². The van der Waals surface area contributed by atoms with Gasteiger partial charge in [0.15, 0.2) is 5.82 Å². The Hall–Kier alpha value is -1.67. The number of nitrogens with zero attached hydrogens (tertiary/aromatic N) is 5. The van der Waals surface area contributed by atoms with Gasteiger partial charge in [-0.15, -0.1) is 5.10 Å². The van der Waals surface area contributed by atoms with Crippen molar-refractivity contribution < 1.29 is 5.11 Å². The van der Waals surface area contributed by atoms with Gasteiger partial charge in [-0.1, -0.05) is 42.0 Å². The molecular formula is C18H22ClN5OS. The van der Waals surface area contributed by atoms with Crippen LogP contribution < -0.4 is 0 Å². The maximum atomic E-state index is 10.9. The standard InChI is InChI=1S/C18H22ClN5OS/c1-3-14-20-18-24(21-14)17(25)16(26-18)15(12-4-6-13(19)7-5-12)23-10-8-22(2)9-11-23/h4-7,15,25H,3,8-11H2,1-2H3. The summed E-state index contributed by atoms with van der Waals surface area (Å²) in [4.78, 5) is 10.9. The Balaban J connectivity index is 1.78. The minimum Gasteiger partial charge on any atom is -0.492 e. The van der Waals surface area contributed by atoms with E-state index in [0.29, 0.717) is 5.02 Å². The highest BCUT2D eigenvalue weighted by molar-refractivity contribution is 7.17. The van der Waals surface area contributed by atoms with E-state index < -0.39 is 0 Å². The summed E-state index contributed by atoms with van der Waals surface area (Å²) in [7, 11) is 2.14. The first-order valence-corrected chi connectivity index (χ1v) is 10.0. The molecule has 1 N–H and O–H groups in total. The fourth-order valence-electron chi connectivity index (χ4n) is 3.37. The predicted molar refractivity (Wildman–Crippen MR) is 104 cm³/mol. The maximum absolute atomic E-state index is 10.9. The molecule has 4 rings (SSSR count). The number of hydrogen-bond acceptors (Lipinski definition) is 6. The molecule has 0 saturated carbocycles. The van der Waals surface area contributed by atoms with Crippen LogP contribution in [-0.4, -0.2) is 62.7 Å². The molecule has 1 atom stereocenters. The average molecular weight is 392 g/mol. The Bertz CT molecular complexity index is 898. The molecule has 0 aliphatic carbocycles. The molecule has 3 heterocycles. The lowest BCUT2D eigenvalue weighted by atomic mass is 10.0. The van der Waals surface area contributed by atoms with E-state index in [1.807, 2.05) is 31.2 Å². The van der Waals surface area contributed by atoms with Crippen LogP contribution in [0.3, 0.4) is 0 Å². The van der Waals surface area contributed by atoms with Crippen molar-refractivity contribution in [1.82, 2.24) is 24.4 Å². The number of hydrogen-bond donors (Lipinski definition) is 1. The van der Waals surface area contributed by atoms with E-state index in [0.717, 1.165) is 53.8 Å². The third-order valence-corrected chi connectivity index (χ3v) is 6.22. The minimum atomic E-state index is -0.0282. The number of aromatic nitrogens is 3. The number of likely N-dealkylation sites (N-methyl/N-ethyl adjacent to an activating group) is 1. The van der Waals surface area contributed by atoms with E-state index in [2.05, 4.69) is 26.9 Å². The van der Waals surface area contributed by atoms with Gasteiger partial charge in [-0.2, -0.15) is 4.52 Å². The molecule has 0 amide bonds. The van der Waals surface area contributed by atoms with Crippen LogP contribution in [0, 0.1) is 0 Å². The quantitative estimate of drug-likeness (QED) is 0.740. The average Bonchev–Trinajstić information content (AvgIpc) is 3.18. The SMILES string of the molecule is CCc1nc2sc(C(c3ccc(Cl)cc3)N3CCN(C)CC3)c(O)n2n1. The monoisotopic (exact) mass is 391 g/mol. The van der Waals surface area contributed by atoms with E-state index in [-0.39, 0.29) is 11.9 Å². The van der Waals surface area contributed by atoms with E-state index in [1.54, 1.807) is 4.52 Å². The van der Waals surface area contributed by atoms with Gasteiger partial charge >= 0.3 is 0 Å². The maximum Gasteiger partial charge on any atom is 0.230 e. The third kappa shape index (κ3) is 3.20. The summed E-state index contributed by atoms with van der Waals surface area (Å²) < 4.78 is 1.57. The molecule has 138 valence electrons. The highest BCUT2D eigenvalue weighted by Gasteiger charge is 2.31.